The molecule has 0 saturated carbocycles. The van der Waals surface area contributed by atoms with E-state index in [1.807, 2.05) is 0 Å². The Morgan fingerprint density at radius 2 is 2.22 bits per heavy atom. The molecule has 96 valence electrons. The topological polar surface area (TPSA) is 62.2 Å². The minimum atomic E-state index is -0.722. The number of methoxy groups -OCH3 is 1. The molecular formula is C12H12BrFN2O2. The number of rotatable bonds is 4. The van der Waals surface area contributed by atoms with Crippen LogP contribution < -0.4 is 5.32 Å². The average molecular weight is 315 g/mol. The molecule has 0 unspecified atom stereocenters. The summed E-state index contributed by atoms with van der Waals surface area (Å²) in [5, 5.41) is 10.0. The van der Waals surface area contributed by atoms with Crippen LogP contribution in [0.15, 0.2) is 22.7 Å². The van der Waals surface area contributed by atoms with Crippen molar-refractivity contribution >= 4 is 33.8 Å². The monoisotopic (exact) mass is 314 g/mol. The predicted molar refractivity (Wildman–Crippen MR) is 71.4 cm³/mol. The number of esters is 1. The Balaban J connectivity index is 3.27. The fourth-order valence-electron chi connectivity index (χ4n) is 1.42. The lowest BCUT2D eigenvalue weighted by atomic mass is 10.1. The molecule has 0 fully saturated rings. The van der Waals surface area contributed by atoms with E-state index in [0.717, 1.165) is 6.21 Å². The SMILES string of the molecule is CN/C(=C(/Br)C=N)c1ccc(C(=O)OC)c(F)c1. The minimum Gasteiger partial charge on any atom is -0.465 e. The number of carbonyl (C=O) groups is 1. The van der Waals surface area contributed by atoms with Gasteiger partial charge in [0, 0.05) is 18.8 Å². The maximum absolute atomic E-state index is 13.7. The van der Waals surface area contributed by atoms with E-state index in [9.17, 15) is 9.18 Å². The fourth-order valence-corrected chi connectivity index (χ4v) is 1.85. The molecule has 0 saturated heterocycles. The lowest BCUT2D eigenvalue weighted by Crippen LogP contribution is -2.09. The highest BCUT2D eigenvalue weighted by Crippen LogP contribution is 2.21. The van der Waals surface area contributed by atoms with E-state index in [2.05, 4.69) is 26.0 Å². The van der Waals surface area contributed by atoms with Gasteiger partial charge in [0.15, 0.2) is 0 Å². The fraction of sp³-hybridized carbons (Fsp3) is 0.167. The normalized spacial score (nSPS) is 11.6. The van der Waals surface area contributed by atoms with Gasteiger partial charge in [0.2, 0.25) is 0 Å². The number of ether oxygens (including phenoxy) is 1. The van der Waals surface area contributed by atoms with Gasteiger partial charge in [0.05, 0.1) is 22.9 Å². The Kier molecular flexibility index (Phi) is 5.03. The van der Waals surface area contributed by atoms with Gasteiger partial charge in [-0.15, -0.1) is 0 Å². The van der Waals surface area contributed by atoms with Crippen LogP contribution in [0.25, 0.3) is 5.70 Å². The molecule has 0 aliphatic rings. The van der Waals surface area contributed by atoms with Gasteiger partial charge in [-0.3, -0.25) is 0 Å². The largest absolute Gasteiger partial charge is 0.465 e. The summed E-state index contributed by atoms with van der Waals surface area (Å²) in [6.45, 7) is 0. The van der Waals surface area contributed by atoms with Gasteiger partial charge < -0.3 is 15.5 Å². The zero-order valence-electron chi connectivity index (χ0n) is 9.88. The number of allylic oxidation sites excluding steroid dienone is 1. The van der Waals surface area contributed by atoms with Gasteiger partial charge in [-0.25, -0.2) is 9.18 Å². The smallest absolute Gasteiger partial charge is 0.340 e. The van der Waals surface area contributed by atoms with Crippen LogP contribution in [0, 0.1) is 11.2 Å². The van der Waals surface area contributed by atoms with Gasteiger partial charge >= 0.3 is 5.97 Å². The summed E-state index contributed by atoms with van der Waals surface area (Å²) in [5.74, 6) is -1.39. The molecule has 0 spiro atoms. The maximum atomic E-state index is 13.7. The molecule has 6 heteroatoms. The van der Waals surface area contributed by atoms with Crippen molar-refractivity contribution in [2.24, 2.45) is 0 Å². The molecule has 0 aliphatic carbocycles. The van der Waals surface area contributed by atoms with E-state index in [4.69, 9.17) is 5.41 Å². The first-order valence-electron chi connectivity index (χ1n) is 5.01. The molecule has 0 aromatic heterocycles. The van der Waals surface area contributed by atoms with Crippen LogP contribution in [0.1, 0.15) is 15.9 Å². The number of benzene rings is 1. The second-order valence-electron chi connectivity index (χ2n) is 3.30. The van der Waals surface area contributed by atoms with Gasteiger partial charge in [0.25, 0.3) is 0 Å². The number of hydrogen-bond donors (Lipinski definition) is 2. The van der Waals surface area contributed by atoms with Crippen LogP contribution in [0.5, 0.6) is 0 Å². The Hall–Kier alpha value is -1.69. The van der Waals surface area contributed by atoms with Crippen molar-refractivity contribution in [3.63, 3.8) is 0 Å². The highest BCUT2D eigenvalue weighted by molar-refractivity contribution is 9.12. The standard InChI is InChI=1S/C12H12BrFN2O2/c1-16-11(9(13)6-15)7-3-4-8(10(14)5-7)12(17)18-2/h3-6,15-16H,1-2H3/b11-9+,15-6?. The summed E-state index contributed by atoms with van der Waals surface area (Å²) in [6.07, 6.45) is 1.10. The lowest BCUT2D eigenvalue weighted by molar-refractivity contribution is 0.0595. The molecule has 0 amide bonds. The zero-order valence-corrected chi connectivity index (χ0v) is 11.5. The van der Waals surface area contributed by atoms with Crippen molar-refractivity contribution in [1.29, 1.82) is 5.41 Å². The summed E-state index contributed by atoms with van der Waals surface area (Å²) < 4.78 is 18.7. The van der Waals surface area contributed by atoms with Crippen molar-refractivity contribution in [1.82, 2.24) is 5.32 Å². The van der Waals surface area contributed by atoms with Crippen LogP contribution in [-0.2, 0) is 4.74 Å². The Morgan fingerprint density at radius 3 is 2.67 bits per heavy atom. The van der Waals surface area contributed by atoms with E-state index in [-0.39, 0.29) is 5.56 Å². The van der Waals surface area contributed by atoms with Crippen molar-refractivity contribution in [2.45, 2.75) is 0 Å². The Bertz CT molecular complexity index is 515. The zero-order chi connectivity index (χ0) is 13.7. The number of halogens is 2. The van der Waals surface area contributed by atoms with E-state index in [0.29, 0.717) is 15.7 Å². The molecule has 1 rings (SSSR count). The molecule has 0 atom stereocenters. The minimum absolute atomic E-state index is 0.123. The molecule has 0 bridgehead atoms. The quantitative estimate of drug-likeness (QED) is 0.663. The van der Waals surface area contributed by atoms with Crippen LogP contribution in [0.4, 0.5) is 4.39 Å². The molecule has 0 heterocycles. The van der Waals surface area contributed by atoms with Gasteiger partial charge in [0.1, 0.15) is 5.82 Å². The summed E-state index contributed by atoms with van der Waals surface area (Å²) in [7, 11) is 2.85. The summed E-state index contributed by atoms with van der Waals surface area (Å²) in [6, 6.07) is 4.13. The van der Waals surface area contributed by atoms with Gasteiger partial charge in [-0.05, 0) is 28.1 Å². The van der Waals surface area contributed by atoms with Crippen LogP contribution in [0.2, 0.25) is 0 Å². The van der Waals surface area contributed by atoms with Crippen molar-refractivity contribution in [3.05, 3.63) is 39.6 Å². The molecule has 2 N–H and O–H groups in total. The second kappa shape index (κ2) is 6.30. The molecule has 18 heavy (non-hydrogen) atoms. The van der Waals surface area contributed by atoms with Crippen LogP contribution >= 0.6 is 15.9 Å². The summed E-state index contributed by atoms with van der Waals surface area (Å²) in [5.41, 5.74) is 0.959. The van der Waals surface area contributed by atoms with E-state index < -0.39 is 11.8 Å². The van der Waals surface area contributed by atoms with E-state index >= 15 is 0 Å². The van der Waals surface area contributed by atoms with Gasteiger partial charge in [-0.2, -0.15) is 0 Å². The van der Waals surface area contributed by atoms with Gasteiger partial charge in [-0.1, -0.05) is 6.07 Å². The third-order valence-corrected chi connectivity index (χ3v) is 2.90. The first-order chi connectivity index (χ1) is 8.54. The molecule has 1 aromatic rings. The highest BCUT2D eigenvalue weighted by Gasteiger charge is 2.14. The number of hydrogen-bond acceptors (Lipinski definition) is 4. The van der Waals surface area contributed by atoms with E-state index in [1.165, 1.54) is 19.2 Å². The lowest BCUT2D eigenvalue weighted by Gasteiger charge is -2.10. The van der Waals surface area contributed by atoms with Crippen molar-refractivity contribution in [3.8, 4) is 0 Å². The highest BCUT2D eigenvalue weighted by atomic mass is 79.9. The van der Waals surface area contributed by atoms with Crippen LogP contribution in [0.3, 0.4) is 0 Å². The first kappa shape index (κ1) is 14.4. The molecule has 0 aliphatic heterocycles. The summed E-state index contributed by atoms with van der Waals surface area (Å²) in [4.78, 5) is 11.2. The van der Waals surface area contributed by atoms with Crippen molar-refractivity contribution < 1.29 is 13.9 Å². The average Bonchev–Trinajstić information content (AvgIpc) is 2.38. The van der Waals surface area contributed by atoms with E-state index in [1.54, 1.807) is 13.1 Å². The van der Waals surface area contributed by atoms with Crippen LogP contribution in [-0.4, -0.2) is 26.3 Å². The molecule has 0 radical (unpaired) electrons. The molecular weight excluding hydrogens is 303 g/mol. The molecule has 4 nitrogen and oxygen atoms in total. The second-order valence-corrected chi connectivity index (χ2v) is 4.16. The first-order valence-corrected chi connectivity index (χ1v) is 5.80. The number of carbonyl (C=O) groups excluding carboxylic acids is 1. The maximum Gasteiger partial charge on any atom is 0.340 e. The predicted octanol–water partition coefficient (Wildman–Crippen LogP) is 2.54. The Labute approximate surface area is 112 Å². The summed E-state index contributed by atoms with van der Waals surface area (Å²) >= 11 is 3.19. The number of nitrogens with one attached hydrogen (secondary N) is 2. The third kappa shape index (κ3) is 2.95. The third-order valence-electron chi connectivity index (χ3n) is 2.28. The molecule has 1 aromatic carbocycles. The Morgan fingerprint density at radius 1 is 1.56 bits per heavy atom. The van der Waals surface area contributed by atoms with Crippen molar-refractivity contribution in [2.75, 3.05) is 14.2 Å².